The molecule has 0 spiro atoms. The van der Waals surface area contributed by atoms with Crippen molar-refractivity contribution in [1.29, 1.82) is 0 Å². The highest BCUT2D eigenvalue weighted by Crippen LogP contribution is 2.24. The van der Waals surface area contributed by atoms with Crippen LogP contribution in [0.3, 0.4) is 0 Å². The Hall–Kier alpha value is -2.00. The number of amides is 1. The molecule has 2 atom stereocenters. The second-order valence-corrected chi connectivity index (χ2v) is 7.43. The lowest BCUT2D eigenvalue weighted by Crippen LogP contribution is -2.40. The van der Waals surface area contributed by atoms with Crippen molar-refractivity contribution in [2.24, 2.45) is 5.92 Å². The molecule has 2 rings (SSSR count). The number of ether oxygens (including phenoxy) is 1. The van der Waals surface area contributed by atoms with Crippen LogP contribution in [0.5, 0.6) is 5.75 Å². The van der Waals surface area contributed by atoms with E-state index in [-0.39, 0.29) is 11.9 Å². The average molecular weight is 374 g/mol. The average Bonchev–Trinajstić information content (AvgIpc) is 2.62. The Balaban J connectivity index is 2.11. The van der Waals surface area contributed by atoms with Crippen LogP contribution in [0.15, 0.2) is 48.5 Å². The molecule has 0 bridgehead atoms. The molecule has 0 heterocycles. The van der Waals surface area contributed by atoms with Gasteiger partial charge in [0.2, 0.25) is 0 Å². The smallest absolute Gasteiger partial charge is 0.261 e. The minimum absolute atomic E-state index is 0.0201. The molecule has 2 aromatic rings. The SMILES string of the molecule is CCC(Oc1ccc(Cl)c(C)c1)C(=O)NC(CC(C)C)c1ccccc1. The van der Waals surface area contributed by atoms with Crippen LogP contribution in [-0.4, -0.2) is 12.0 Å². The third-order valence-electron chi connectivity index (χ3n) is 4.30. The second-order valence-electron chi connectivity index (χ2n) is 7.03. The van der Waals surface area contributed by atoms with Gasteiger partial charge in [-0.1, -0.05) is 62.7 Å². The van der Waals surface area contributed by atoms with E-state index in [1.165, 1.54) is 0 Å². The van der Waals surface area contributed by atoms with Gasteiger partial charge < -0.3 is 10.1 Å². The minimum atomic E-state index is -0.533. The van der Waals surface area contributed by atoms with Gasteiger partial charge in [-0.15, -0.1) is 0 Å². The van der Waals surface area contributed by atoms with Crippen LogP contribution >= 0.6 is 11.6 Å². The number of carbonyl (C=O) groups is 1. The Morgan fingerprint density at radius 1 is 1.15 bits per heavy atom. The zero-order chi connectivity index (χ0) is 19.1. The summed E-state index contributed by atoms with van der Waals surface area (Å²) in [7, 11) is 0. The van der Waals surface area contributed by atoms with Crippen LogP contribution in [0.4, 0.5) is 0 Å². The first-order chi connectivity index (χ1) is 12.4. The summed E-state index contributed by atoms with van der Waals surface area (Å²) in [5.74, 6) is 1.05. The number of aryl methyl sites for hydroxylation is 1. The summed E-state index contributed by atoms with van der Waals surface area (Å²) in [6.45, 7) is 8.19. The van der Waals surface area contributed by atoms with E-state index in [9.17, 15) is 4.79 Å². The number of hydrogen-bond donors (Lipinski definition) is 1. The van der Waals surface area contributed by atoms with Gasteiger partial charge in [-0.3, -0.25) is 4.79 Å². The third kappa shape index (κ3) is 5.77. The molecule has 0 saturated carbocycles. The van der Waals surface area contributed by atoms with Crippen molar-refractivity contribution in [3.8, 4) is 5.75 Å². The van der Waals surface area contributed by atoms with Crippen molar-refractivity contribution in [3.63, 3.8) is 0 Å². The molecule has 3 nitrogen and oxygen atoms in total. The summed E-state index contributed by atoms with van der Waals surface area (Å²) < 4.78 is 5.93. The van der Waals surface area contributed by atoms with Crippen LogP contribution < -0.4 is 10.1 Å². The number of carbonyl (C=O) groups excluding carboxylic acids is 1. The molecule has 0 aliphatic rings. The van der Waals surface area contributed by atoms with Gasteiger partial charge in [0.25, 0.3) is 5.91 Å². The summed E-state index contributed by atoms with van der Waals surface area (Å²) >= 11 is 6.06. The fraction of sp³-hybridized carbons (Fsp3) is 0.409. The lowest BCUT2D eigenvalue weighted by Gasteiger charge is -2.24. The van der Waals surface area contributed by atoms with E-state index >= 15 is 0 Å². The van der Waals surface area contributed by atoms with Gasteiger partial charge in [-0.05, 0) is 55.0 Å². The third-order valence-corrected chi connectivity index (χ3v) is 4.72. The fourth-order valence-electron chi connectivity index (χ4n) is 2.88. The van der Waals surface area contributed by atoms with E-state index in [0.29, 0.717) is 23.1 Å². The van der Waals surface area contributed by atoms with Gasteiger partial charge in [0.15, 0.2) is 6.10 Å². The number of halogens is 1. The highest BCUT2D eigenvalue weighted by molar-refractivity contribution is 6.31. The van der Waals surface area contributed by atoms with Crippen LogP contribution in [0.25, 0.3) is 0 Å². The molecule has 2 aromatic carbocycles. The Morgan fingerprint density at radius 3 is 2.42 bits per heavy atom. The van der Waals surface area contributed by atoms with Gasteiger partial charge in [-0.2, -0.15) is 0 Å². The van der Waals surface area contributed by atoms with Crippen molar-refractivity contribution in [3.05, 3.63) is 64.7 Å². The van der Waals surface area contributed by atoms with Crippen molar-refractivity contribution < 1.29 is 9.53 Å². The molecule has 4 heteroatoms. The van der Waals surface area contributed by atoms with Crippen LogP contribution in [-0.2, 0) is 4.79 Å². The number of benzene rings is 2. The van der Waals surface area contributed by atoms with Crippen LogP contribution in [0.1, 0.15) is 50.8 Å². The van der Waals surface area contributed by atoms with E-state index in [2.05, 4.69) is 31.3 Å². The first kappa shape index (κ1) is 20.3. The molecule has 1 amide bonds. The quantitative estimate of drug-likeness (QED) is 0.643. The summed E-state index contributed by atoms with van der Waals surface area (Å²) in [6, 6.07) is 15.5. The molecule has 1 N–H and O–H groups in total. The molecule has 0 aromatic heterocycles. The molecule has 0 saturated heterocycles. The number of rotatable bonds is 8. The largest absolute Gasteiger partial charge is 0.481 e. The van der Waals surface area contributed by atoms with E-state index in [4.69, 9.17) is 16.3 Å². The monoisotopic (exact) mass is 373 g/mol. The molecular formula is C22H28ClNO2. The lowest BCUT2D eigenvalue weighted by molar-refractivity contribution is -0.129. The van der Waals surface area contributed by atoms with Gasteiger partial charge in [0.1, 0.15) is 5.75 Å². The van der Waals surface area contributed by atoms with Crippen LogP contribution in [0, 0.1) is 12.8 Å². The maximum atomic E-state index is 12.8. The maximum Gasteiger partial charge on any atom is 0.261 e. The van der Waals surface area contributed by atoms with Gasteiger partial charge in [0, 0.05) is 5.02 Å². The van der Waals surface area contributed by atoms with E-state index in [0.717, 1.165) is 17.5 Å². The molecular weight excluding hydrogens is 346 g/mol. The fourth-order valence-corrected chi connectivity index (χ4v) is 2.99. The van der Waals surface area contributed by atoms with Crippen molar-refractivity contribution >= 4 is 17.5 Å². The van der Waals surface area contributed by atoms with Crippen molar-refractivity contribution in [1.82, 2.24) is 5.32 Å². The van der Waals surface area contributed by atoms with Crippen LogP contribution in [0.2, 0.25) is 5.02 Å². The highest BCUT2D eigenvalue weighted by atomic mass is 35.5. The Morgan fingerprint density at radius 2 is 1.85 bits per heavy atom. The van der Waals surface area contributed by atoms with E-state index < -0.39 is 6.10 Å². The topological polar surface area (TPSA) is 38.3 Å². The first-order valence-electron chi connectivity index (χ1n) is 9.18. The number of nitrogens with one attached hydrogen (secondary N) is 1. The Bertz CT molecular complexity index is 715. The molecule has 140 valence electrons. The zero-order valence-electron chi connectivity index (χ0n) is 16.0. The highest BCUT2D eigenvalue weighted by Gasteiger charge is 2.23. The molecule has 2 unspecified atom stereocenters. The summed E-state index contributed by atoms with van der Waals surface area (Å²) in [4.78, 5) is 12.8. The van der Waals surface area contributed by atoms with Gasteiger partial charge >= 0.3 is 0 Å². The van der Waals surface area contributed by atoms with Crippen molar-refractivity contribution in [2.75, 3.05) is 0 Å². The summed E-state index contributed by atoms with van der Waals surface area (Å²) in [5.41, 5.74) is 2.05. The summed E-state index contributed by atoms with van der Waals surface area (Å²) in [5, 5.41) is 3.86. The van der Waals surface area contributed by atoms with Crippen molar-refractivity contribution in [2.45, 2.75) is 52.7 Å². The number of hydrogen-bond acceptors (Lipinski definition) is 2. The van der Waals surface area contributed by atoms with E-state index in [1.54, 1.807) is 12.1 Å². The molecule has 0 aliphatic heterocycles. The molecule has 0 aliphatic carbocycles. The first-order valence-corrected chi connectivity index (χ1v) is 9.56. The van der Waals surface area contributed by atoms with Gasteiger partial charge in [0.05, 0.1) is 6.04 Å². The lowest BCUT2D eigenvalue weighted by atomic mass is 9.96. The molecule has 0 radical (unpaired) electrons. The molecule has 0 fully saturated rings. The standard InChI is InChI=1S/C22H28ClNO2/c1-5-21(26-18-11-12-19(23)16(4)14-18)22(25)24-20(13-15(2)3)17-9-7-6-8-10-17/h6-12,14-15,20-21H,5,13H2,1-4H3,(H,24,25). The predicted octanol–water partition coefficient (Wildman–Crippen LogP) is 5.71. The minimum Gasteiger partial charge on any atom is -0.481 e. The maximum absolute atomic E-state index is 12.8. The zero-order valence-corrected chi connectivity index (χ0v) is 16.7. The molecule has 26 heavy (non-hydrogen) atoms. The van der Waals surface area contributed by atoms with Gasteiger partial charge in [-0.25, -0.2) is 0 Å². The van der Waals surface area contributed by atoms with E-state index in [1.807, 2.05) is 38.1 Å². The normalized spacial score (nSPS) is 13.3. The predicted molar refractivity (Wildman–Crippen MR) is 108 cm³/mol. The Labute approximate surface area is 161 Å². The summed E-state index contributed by atoms with van der Waals surface area (Å²) in [6.07, 6.45) is 0.942. The second kappa shape index (κ2) is 9.63. The Kier molecular flexibility index (Phi) is 7.52.